The Kier molecular flexibility index (Phi) is 6.09. The van der Waals surface area contributed by atoms with E-state index in [-0.39, 0.29) is 5.91 Å². The van der Waals surface area contributed by atoms with Crippen LogP contribution >= 0.6 is 23.1 Å². The molecule has 3 rings (SSSR count). The average Bonchev–Trinajstić information content (AvgIpc) is 3.07. The molecule has 0 radical (unpaired) electrons. The molecule has 1 aromatic heterocycles. The predicted octanol–water partition coefficient (Wildman–Crippen LogP) is 4.10. The van der Waals surface area contributed by atoms with E-state index in [1.54, 1.807) is 13.0 Å². The summed E-state index contributed by atoms with van der Waals surface area (Å²) >= 11 is 2.89. The van der Waals surface area contributed by atoms with Crippen LogP contribution in [-0.2, 0) is 17.6 Å². The van der Waals surface area contributed by atoms with E-state index >= 15 is 0 Å². The highest BCUT2D eigenvalue weighted by Gasteiger charge is 2.18. The van der Waals surface area contributed by atoms with Gasteiger partial charge in [-0.1, -0.05) is 35.2 Å². The normalized spacial score (nSPS) is 14.4. The van der Waals surface area contributed by atoms with Crippen LogP contribution in [0.25, 0.3) is 0 Å². The van der Waals surface area contributed by atoms with Gasteiger partial charge in [0, 0.05) is 5.75 Å². The minimum atomic E-state index is -0.602. The number of carbonyl (C=O) groups is 1. The second-order valence-corrected chi connectivity index (χ2v) is 8.10. The summed E-state index contributed by atoms with van der Waals surface area (Å²) in [6.07, 6.45) is 5.89. The van der Waals surface area contributed by atoms with Crippen LogP contribution in [0.2, 0.25) is 0 Å². The predicted molar refractivity (Wildman–Crippen MR) is 103 cm³/mol. The molecule has 1 aromatic carbocycles. The van der Waals surface area contributed by atoms with Gasteiger partial charge in [-0.05, 0) is 55.9 Å². The van der Waals surface area contributed by atoms with Crippen LogP contribution in [0.1, 0.15) is 30.9 Å². The lowest BCUT2D eigenvalue weighted by atomic mass is 9.92. The Morgan fingerprint density at radius 3 is 3.00 bits per heavy atom. The summed E-state index contributed by atoms with van der Waals surface area (Å²) in [5.41, 5.74) is 2.73. The summed E-state index contributed by atoms with van der Waals surface area (Å²) in [7, 11) is 0. The van der Waals surface area contributed by atoms with Crippen LogP contribution in [0.3, 0.4) is 0 Å². The minimum absolute atomic E-state index is 0.228. The molecule has 1 heterocycles. The lowest BCUT2D eigenvalue weighted by Crippen LogP contribution is -2.30. The van der Waals surface area contributed by atoms with Crippen molar-refractivity contribution in [3.63, 3.8) is 0 Å². The Morgan fingerprint density at radius 1 is 1.40 bits per heavy atom. The van der Waals surface area contributed by atoms with Crippen molar-refractivity contribution >= 4 is 34.1 Å². The van der Waals surface area contributed by atoms with Crippen molar-refractivity contribution in [2.75, 3.05) is 11.1 Å². The third kappa shape index (κ3) is 4.83. The summed E-state index contributed by atoms with van der Waals surface area (Å²) < 4.78 is 6.62. The highest BCUT2D eigenvalue weighted by Crippen LogP contribution is 2.27. The number of rotatable bonds is 7. The molecule has 25 heavy (non-hydrogen) atoms. The van der Waals surface area contributed by atoms with Crippen LogP contribution in [0.4, 0.5) is 5.13 Å². The van der Waals surface area contributed by atoms with Gasteiger partial charge in [0.2, 0.25) is 5.13 Å². The fourth-order valence-electron chi connectivity index (χ4n) is 2.70. The number of anilines is 1. The van der Waals surface area contributed by atoms with E-state index in [2.05, 4.69) is 34.2 Å². The minimum Gasteiger partial charge on any atom is -0.481 e. The van der Waals surface area contributed by atoms with Crippen molar-refractivity contribution in [2.24, 2.45) is 0 Å². The fraction of sp³-hybridized carbons (Fsp3) is 0.389. The van der Waals surface area contributed by atoms with Crippen molar-refractivity contribution in [3.05, 3.63) is 42.0 Å². The van der Waals surface area contributed by atoms with Gasteiger partial charge in [-0.25, -0.2) is 0 Å². The molecule has 0 saturated carbocycles. The lowest BCUT2D eigenvalue weighted by molar-refractivity contribution is -0.122. The molecule has 1 atom stereocenters. The van der Waals surface area contributed by atoms with E-state index in [1.807, 2.05) is 6.07 Å². The van der Waals surface area contributed by atoms with Gasteiger partial charge in [-0.15, -0.1) is 16.8 Å². The first-order valence-electron chi connectivity index (χ1n) is 8.32. The van der Waals surface area contributed by atoms with Crippen molar-refractivity contribution in [3.8, 4) is 5.75 Å². The number of ether oxygens (including phenoxy) is 1. The first-order chi connectivity index (χ1) is 12.2. The molecule has 1 aliphatic carbocycles. The zero-order valence-corrected chi connectivity index (χ0v) is 15.8. The maximum atomic E-state index is 12.3. The monoisotopic (exact) mass is 375 g/mol. The molecule has 0 fully saturated rings. The Labute approximate surface area is 155 Å². The van der Waals surface area contributed by atoms with E-state index < -0.39 is 6.10 Å². The second kappa shape index (κ2) is 8.49. The maximum Gasteiger partial charge on any atom is 0.266 e. The van der Waals surface area contributed by atoms with Crippen molar-refractivity contribution in [1.29, 1.82) is 0 Å². The maximum absolute atomic E-state index is 12.3. The molecule has 7 heteroatoms. The third-order valence-electron chi connectivity index (χ3n) is 3.96. The summed E-state index contributed by atoms with van der Waals surface area (Å²) in [5.74, 6) is 1.28. The number of hydrogen-bond acceptors (Lipinski definition) is 6. The van der Waals surface area contributed by atoms with Gasteiger partial charge >= 0.3 is 0 Å². The van der Waals surface area contributed by atoms with Gasteiger partial charge < -0.3 is 4.74 Å². The van der Waals surface area contributed by atoms with E-state index in [9.17, 15) is 4.79 Å². The fourth-order valence-corrected chi connectivity index (χ4v) is 4.21. The molecular weight excluding hydrogens is 354 g/mol. The topological polar surface area (TPSA) is 64.1 Å². The van der Waals surface area contributed by atoms with Crippen LogP contribution in [0.5, 0.6) is 5.75 Å². The zero-order chi connectivity index (χ0) is 17.6. The number of thioether (sulfide) groups is 1. The number of nitrogens with zero attached hydrogens (tertiary/aromatic N) is 2. The molecule has 0 aliphatic heterocycles. The number of fused-ring (bicyclic) bond motifs is 1. The lowest BCUT2D eigenvalue weighted by Gasteiger charge is -2.18. The second-order valence-electron chi connectivity index (χ2n) is 5.86. The van der Waals surface area contributed by atoms with Crippen LogP contribution in [-0.4, -0.2) is 28.0 Å². The molecule has 132 valence electrons. The summed E-state index contributed by atoms with van der Waals surface area (Å²) in [6, 6.07) is 6.12. The average molecular weight is 376 g/mol. The molecule has 1 amide bonds. The summed E-state index contributed by atoms with van der Waals surface area (Å²) in [4.78, 5) is 12.3. The number of amides is 1. The van der Waals surface area contributed by atoms with Gasteiger partial charge in [0.05, 0.1) is 0 Å². The molecule has 0 spiro atoms. The molecule has 1 N–H and O–H groups in total. The van der Waals surface area contributed by atoms with Gasteiger partial charge in [-0.3, -0.25) is 10.1 Å². The number of carbonyl (C=O) groups excluding carboxylic acids is 1. The quantitative estimate of drug-likeness (QED) is 0.448. The first kappa shape index (κ1) is 17.9. The number of benzene rings is 1. The van der Waals surface area contributed by atoms with Crippen molar-refractivity contribution in [1.82, 2.24) is 10.2 Å². The molecule has 1 aliphatic rings. The molecular formula is C18H21N3O2S2. The SMILES string of the molecule is C=CCSc1nnc(NC(=O)C(C)Oc2ccc3c(c2)CCCC3)s1. The van der Waals surface area contributed by atoms with E-state index in [0.717, 1.165) is 28.7 Å². The van der Waals surface area contributed by atoms with Crippen molar-refractivity contribution < 1.29 is 9.53 Å². The smallest absolute Gasteiger partial charge is 0.266 e. The highest BCUT2D eigenvalue weighted by molar-refractivity contribution is 8.01. The van der Waals surface area contributed by atoms with Gasteiger partial charge in [0.15, 0.2) is 10.4 Å². The molecule has 0 bridgehead atoms. The van der Waals surface area contributed by atoms with Crippen LogP contribution < -0.4 is 10.1 Å². The Bertz CT molecular complexity index is 761. The Hall–Kier alpha value is -1.86. The van der Waals surface area contributed by atoms with Crippen LogP contribution in [0.15, 0.2) is 35.2 Å². The van der Waals surface area contributed by atoms with E-state index in [1.165, 1.54) is 47.1 Å². The molecule has 0 saturated heterocycles. The summed E-state index contributed by atoms with van der Waals surface area (Å²) in [6.45, 7) is 5.41. The van der Waals surface area contributed by atoms with E-state index in [0.29, 0.717) is 5.13 Å². The number of hydrogen-bond donors (Lipinski definition) is 1. The number of aromatic nitrogens is 2. The van der Waals surface area contributed by atoms with Crippen molar-refractivity contribution in [2.45, 2.75) is 43.1 Å². The largest absolute Gasteiger partial charge is 0.481 e. The highest BCUT2D eigenvalue weighted by atomic mass is 32.2. The number of aryl methyl sites for hydroxylation is 2. The molecule has 2 aromatic rings. The summed E-state index contributed by atoms with van der Waals surface area (Å²) in [5, 5.41) is 11.3. The third-order valence-corrected chi connectivity index (χ3v) is 5.93. The zero-order valence-electron chi connectivity index (χ0n) is 14.2. The van der Waals surface area contributed by atoms with E-state index in [4.69, 9.17) is 4.74 Å². The Morgan fingerprint density at radius 2 is 2.20 bits per heavy atom. The first-order valence-corrected chi connectivity index (χ1v) is 10.1. The molecule has 1 unspecified atom stereocenters. The Balaban J connectivity index is 1.57. The molecule has 5 nitrogen and oxygen atoms in total. The van der Waals surface area contributed by atoms with Gasteiger partial charge in [0.1, 0.15) is 5.75 Å². The van der Waals surface area contributed by atoms with Gasteiger partial charge in [-0.2, -0.15) is 0 Å². The standard InChI is InChI=1S/C18H21N3O2S2/c1-3-10-24-18-21-20-17(25-18)19-16(22)12(2)23-15-9-8-13-6-4-5-7-14(13)11-15/h3,8-9,11-12H,1,4-7,10H2,2H3,(H,19,20,22). The van der Waals surface area contributed by atoms with Gasteiger partial charge in [0.25, 0.3) is 5.91 Å². The number of nitrogens with one attached hydrogen (secondary N) is 1. The van der Waals surface area contributed by atoms with Crippen LogP contribution in [0, 0.1) is 0 Å².